The summed E-state index contributed by atoms with van der Waals surface area (Å²) in [4.78, 5) is 10.2. The van der Waals surface area contributed by atoms with Gasteiger partial charge in [0.2, 0.25) is 0 Å². The highest BCUT2D eigenvalue weighted by molar-refractivity contribution is 7.26. The molecule has 0 saturated carbocycles. The number of nitrogens with zero attached hydrogens (tertiary/aromatic N) is 3. The molecule has 0 aliphatic heterocycles. The van der Waals surface area contributed by atoms with Crippen LogP contribution in [0.3, 0.4) is 0 Å². The lowest BCUT2D eigenvalue weighted by atomic mass is 10.0. The van der Waals surface area contributed by atoms with E-state index in [1.807, 2.05) is 73.8 Å². The fraction of sp³-hybridized carbons (Fsp3) is 0.0370. The van der Waals surface area contributed by atoms with E-state index in [4.69, 9.17) is 9.97 Å². The quantitative estimate of drug-likeness (QED) is 0.120. The number of thiophene rings is 1. The Hall–Kier alpha value is -7.14. The van der Waals surface area contributed by atoms with Crippen LogP contribution in [0.4, 0.5) is 0 Å². The first-order valence-electron chi connectivity index (χ1n) is 19.5. The van der Waals surface area contributed by atoms with Crippen molar-refractivity contribution in [3.05, 3.63) is 207 Å². The van der Waals surface area contributed by atoms with Crippen LogP contribution in [0.2, 0.25) is 0 Å². The van der Waals surface area contributed by atoms with Gasteiger partial charge in [0.05, 0.1) is 22.4 Å². The largest absolute Gasteiger partial charge is 0.309 e. The maximum atomic E-state index is 5.08. The number of benzene rings is 7. The highest BCUT2D eigenvalue weighted by atomic mass is 32.1. The van der Waals surface area contributed by atoms with Gasteiger partial charge in [-0.3, -0.25) is 0 Å². The van der Waals surface area contributed by atoms with Crippen LogP contribution >= 0.6 is 11.3 Å². The summed E-state index contributed by atoms with van der Waals surface area (Å²) >= 11 is 1.89. The van der Waals surface area contributed by atoms with Crippen LogP contribution in [0.25, 0.3) is 97.8 Å². The van der Waals surface area contributed by atoms with Crippen LogP contribution in [0, 0.1) is 0 Å². The zero-order valence-corrected chi connectivity index (χ0v) is 33.4. The van der Waals surface area contributed by atoms with Gasteiger partial charge in [0.15, 0.2) is 5.82 Å². The molecule has 0 aliphatic carbocycles. The maximum Gasteiger partial charge on any atom is 0.160 e. The normalized spacial score (nSPS) is 11.8. The summed E-state index contributed by atoms with van der Waals surface area (Å²) in [5.41, 5.74) is 10.6. The minimum Gasteiger partial charge on any atom is -0.309 e. The van der Waals surface area contributed by atoms with E-state index in [1.54, 1.807) is 6.08 Å². The molecule has 3 nitrogen and oxygen atoms in total. The number of hydrogen-bond acceptors (Lipinski definition) is 3. The molecule has 0 amide bonds. The van der Waals surface area contributed by atoms with E-state index in [9.17, 15) is 0 Å². The van der Waals surface area contributed by atoms with Crippen LogP contribution in [0.5, 0.6) is 0 Å². The molecule has 0 aliphatic rings. The first-order chi connectivity index (χ1) is 28.6. The van der Waals surface area contributed by atoms with Crippen molar-refractivity contribution in [2.24, 2.45) is 0 Å². The summed E-state index contributed by atoms with van der Waals surface area (Å²) in [6.07, 6.45) is 9.66. The third-order valence-corrected chi connectivity index (χ3v) is 11.7. The fourth-order valence-electron chi connectivity index (χ4n) is 7.88. The molecule has 0 atom stereocenters. The van der Waals surface area contributed by atoms with Gasteiger partial charge in [-0.05, 0) is 95.9 Å². The number of rotatable bonds is 7. The zero-order chi connectivity index (χ0) is 39.6. The third kappa shape index (κ3) is 6.54. The molecule has 278 valence electrons. The molecule has 58 heavy (non-hydrogen) atoms. The van der Waals surface area contributed by atoms with Gasteiger partial charge in [0, 0.05) is 47.8 Å². The molecule has 10 aromatic rings. The van der Waals surface area contributed by atoms with E-state index in [0.29, 0.717) is 5.82 Å². The molecule has 4 heteroatoms. The van der Waals surface area contributed by atoms with Crippen molar-refractivity contribution in [2.75, 3.05) is 0 Å². The third-order valence-electron chi connectivity index (χ3n) is 10.5. The first kappa shape index (κ1) is 36.5. The second-order valence-corrected chi connectivity index (χ2v) is 15.2. The molecular formula is C54H41N3S. The van der Waals surface area contributed by atoms with Crippen molar-refractivity contribution in [2.45, 2.75) is 13.8 Å². The van der Waals surface area contributed by atoms with Crippen molar-refractivity contribution in [1.82, 2.24) is 14.5 Å². The van der Waals surface area contributed by atoms with E-state index in [2.05, 4.69) is 151 Å². The molecule has 3 heterocycles. The molecule has 3 aromatic heterocycles. The SMILES string of the molecule is C=C/C(=C\C=C/C)c1cc(-c2ccccc2)nc(-c2ccc(-n3c4ccc5ccccc5c4c4c5sc6ccc(-c7ccccc7)cc6c5ccc43)cc2)n1.C=CC. The summed E-state index contributed by atoms with van der Waals surface area (Å²) < 4.78 is 5.03. The van der Waals surface area contributed by atoms with Gasteiger partial charge in [0.25, 0.3) is 0 Å². The van der Waals surface area contributed by atoms with E-state index in [0.717, 1.165) is 33.8 Å². The summed E-state index contributed by atoms with van der Waals surface area (Å²) in [6, 6.07) is 56.5. The predicted molar refractivity (Wildman–Crippen MR) is 252 cm³/mol. The number of fused-ring (bicyclic) bond motifs is 9. The first-order valence-corrected chi connectivity index (χ1v) is 20.4. The van der Waals surface area contributed by atoms with Gasteiger partial charge < -0.3 is 4.57 Å². The van der Waals surface area contributed by atoms with Gasteiger partial charge in [-0.15, -0.1) is 17.9 Å². The molecular weight excluding hydrogens is 723 g/mol. The van der Waals surface area contributed by atoms with Gasteiger partial charge in [-0.1, -0.05) is 140 Å². The Morgan fingerprint density at radius 1 is 0.586 bits per heavy atom. The number of allylic oxidation sites excluding steroid dienone is 6. The summed E-state index contributed by atoms with van der Waals surface area (Å²) in [5, 5.41) is 7.67. The molecule has 7 aromatic carbocycles. The Morgan fingerprint density at radius 2 is 1.26 bits per heavy atom. The van der Waals surface area contributed by atoms with Crippen LogP contribution < -0.4 is 0 Å². The molecule has 0 saturated heterocycles. The Balaban J connectivity index is 0.00000141. The smallest absolute Gasteiger partial charge is 0.160 e. The number of aromatic nitrogens is 3. The minimum absolute atomic E-state index is 0.672. The van der Waals surface area contributed by atoms with E-state index >= 15 is 0 Å². The molecule has 0 spiro atoms. The topological polar surface area (TPSA) is 30.7 Å². The zero-order valence-electron chi connectivity index (χ0n) is 32.6. The van der Waals surface area contributed by atoms with Gasteiger partial charge in [0.1, 0.15) is 0 Å². The van der Waals surface area contributed by atoms with Crippen molar-refractivity contribution in [1.29, 1.82) is 0 Å². The lowest BCUT2D eigenvalue weighted by Gasteiger charge is -2.12. The molecule has 0 radical (unpaired) electrons. The molecule has 0 N–H and O–H groups in total. The summed E-state index contributed by atoms with van der Waals surface area (Å²) in [5.74, 6) is 0.672. The Labute approximate surface area is 342 Å². The van der Waals surface area contributed by atoms with Gasteiger partial charge in [-0.2, -0.15) is 0 Å². The van der Waals surface area contributed by atoms with Crippen LogP contribution in [0.15, 0.2) is 201 Å². The summed E-state index contributed by atoms with van der Waals surface area (Å²) in [6.45, 7) is 11.3. The van der Waals surface area contributed by atoms with Gasteiger partial charge >= 0.3 is 0 Å². The monoisotopic (exact) mass is 763 g/mol. The van der Waals surface area contributed by atoms with Crippen LogP contribution in [-0.2, 0) is 0 Å². The van der Waals surface area contributed by atoms with Crippen LogP contribution in [0.1, 0.15) is 19.5 Å². The van der Waals surface area contributed by atoms with Crippen molar-refractivity contribution in [3.63, 3.8) is 0 Å². The van der Waals surface area contributed by atoms with Crippen molar-refractivity contribution < 1.29 is 0 Å². The number of hydrogen-bond donors (Lipinski definition) is 0. The average molecular weight is 764 g/mol. The highest BCUT2D eigenvalue weighted by Crippen LogP contribution is 2.46. The molecule has 0 fully saturated rings. The van der Waals surface area contributed by atoms with Crippen molar-refractivity contribution in [3.8, 4) is 39.5 Å². The lowest BCUT2D eigenvalue weighted by Crippen LogP contribution is -1.98. The fourth-order valence-corrected chi connectivity index (χ4v) is 9.11. The van der Waals surface area contributed by atoms with E-state index in [1.165, 1.54) is 63.9 Å². The Morgan fingerprint density at radius 3 is 2.00 bits per heavy atom. The molecule has 0 bridgehead atoms. The standard InChI is InChI=1S/C51H35N3S.C3H6/c1-3-5-14-33(4-2)43-32-44(36-18-10-7-11-19-36)53-51(52-43)37-21-25-39(26-22-37)54-45-28-23-35-17-12-13-20-40(35)48(45)49-46(54)29-27-41-42-31-38(34-15-8-6-9-16-34)24-30-47(42)55-50(41)49;1-3-2/h3-32H,2H2,1H3;3H,1H2,2H3/b5-3-,33-14+;. The average Bonchev–Trinajstić information content (AvgIpc) is 3.83. The lowest BCUT2D eigenvalue weighted by molar-refractivity contribution is 1.15. The second-order valence-electron chi connectivity index (χ2n) is 14.2. The van der Waals surface area contributed by atoms with Gasteiger partial charge in [-0.25, -0.2) is 9.97 Å². The Kier molecular flexibility index (Phi) is 9.93. The predicted octanol–water partition coefficient (Wildman–Crippen LogP) is 15.4. The molecule has 10 rings (SSSR count). The maximum absolute atomic E-state index is 5.08. The highest BCUT2D eigenvalue weighted by Gasteiger charge is 2.20. The molecule has 0 unspecified atom stereocenters. The van der Waals surface area contributed by atoms with E-state index in [-0.39, 0.29) is 0 Å². The Bertz CT molecular complexity index is 3200. The van der Waals surface area contributed by atoms with E-state index < -0.39 is 0 Å². The van der Waals surface area contributed by atoms with Crippen LogP contribution in [-0.4, -0.2) is 14.5 Å². The second kappa shape index (κ2) is 15.8. The van der Waals surface area contributed by atoms with Crippen molar-refractivity contribution >= 4 is 69.7 Å². The minimum atomic E-state index is 0.672. The summed E-state index contributed by atoms with van der Waals surface area (Å²) in [7, 11) is 0.